The Balaban J connectivity index is 3.04. The number of hydrazone groups is 1. The molecule has 0 aromatic heterocycles. The second-order valence-electron chi connectivity index (χ2n) is 3.55. The highest BCUT2D eigenvalue weighted by molar-refractivity contribution is 6.51. The van der Waals surface area contributed by atoms with Crippen molar-refractivity contribution in [1.29, 1.82) is 0 Å². The zero-order valence-corrected chi connectivity index (χ0v) is 11.9. The van der Waals surface area contributed by atoms with Gasteiger partial charge in [-0.1, -0.05) is 23.2 Å². The molecule has 0 saturated carbocycles. The van der Waals surface area contributed by atoms with Crippen molar-refractivity contribution in [2.45, 2.75) is 0 Å². The Kier molecular flexibility index (Phi) is 5.78. The van der Waals surface area contributed by atoms with Crippen LogP contribution < -0.4 is 5.43 Å². The van der Waals surface area contributed by atoms with E-state index < -0.39 is 37.3 Å². The average Bonchev–Trinajstić information content (AvgIpc) is 2.45. The van der Waals surface area contributed by atoms with Crippen molar-refractivity contribution in [3.05, 3.63) is 48.5 Å². The van der Waals surface area contributed by atoms with Crippen LogP contribution in [0, 0.1) is 20.2 Å². The van der Waals surface area contributed by atoms with Crippen LogP contribution in [0.3, 0.4) is 0 Å². The lowest BCUT2D eigenvalue weighted by atomic mass is 10.2. The number of anilines is 1. The molecule has 2 N–H and O–H groups in total. The van der Waals surface area contributed by atoms with Gasteiger partial charge in [0.1, 0.15) is 10.7 Å². The Morgan fingerprint density at radius 1 is 1.27 bits per heavy atom. The van der Waals surface area contributed by atoms with Crippen molar-refractivity contribution in [3.63, 3.8) is 0 Å². The maximum absolute atomic E-state index is 10.8. The number of hydrogen-bond donors (Lipinski definition) is 2. The maximum Gasteiger partial charge on any atom is 0.348 e. The molecule has 0 atom stereocenters. The normalized spacial score (nSPS) is 11.9. The van der Waals surface area contributed by atoms with E-state index in [1.807, 2.05) is 0 Å². The minimum absolute atomic E-state index is 0.150. The summed E-state index contributed by atoms with van der Waals surface area (Å²) in [6, 6.07) is 2.86. The summed E-state index contributed by atoms with van der Waals surface area (Å²) in [5.41, 5.74) is 1.02. The van der Waals surface area contributed by atoms with Gasteiger partial charge in [0.05, 0.1) is 27.2 Å². The summed E-state index contributed by atoms with van der Waals surface area (Å²) in [6.07, 6.45) is 0.823. The van der Waals surface area contributed by atoms with Gasteiger partial charge in [-0.05, 0) is 6.07 Å². The van der Waals surface area contributed by atoms with Crippen molar-refractivity contribution in [2.75, 3.05) is 5.43 Å². The largest absolute Gasteiger partial charge is 0.477 e. The van der Waals surface area contributed by atoms with Gasteiger partial charge in [0.15, 0.2) is 0 Å². The van der Waals surface area contributed by atoms with Crippen molar-refractivity contribution in [3.8, 4) is 0 Å². The number of nitro groups is 2. The lowest BCUT2D eigenvalue weighted by Gasteiger charge is -2.01. The minimum atomic E-state index is -1.47. The van der Waals surface area contributed by atoms with Crippen molar-refractivity contribution in [1.82, 2.24) is 0 Å². The molecule has 12 heteroatoms. The first-order valence-electron chi connectivity index (χ1n) is 5.24. The zero-order chi connectivity index (χ0) is 16.9. The van der Waals surface area contributed by atoms with E-state index in [2.05, 4.69) is 10.5 Å². The van der Waals surface area contributed by atoms with Crippen LogP contribution >= 0.6 is 23.2 Å². The molecule has 0 amide bonds. The average molecular weight is 349 g/mol. The third-order valence-electron chi connectivity index (χ3n) is 2.15. The molecule has 1 rings (SSSR count). The predicted octanol–water partition coefficient (Wildman–Crippen LogP) is 2.67. The van der Waals surface area contributed by atoms with E-state index in [0.717, 1.165) is 24.4 Å². The first-order chi connectivity index (χ1) is 10.2. The summed E-state index contributed by atoms with van der Waals surface area (Å²) < 4.78 is 0. The molecule has 10 nitrogen and oxygen atoms in total. The Hall–Kier alpha value is -2.72. The number of hydrogen-bond acceptors (Lipinski definition) is 7. The van der Waals surface area contributed by atoms with E-state index in [1.165, 1.54) is 0 Å². The fraction of sp³-hybridized carbons (Fsp3) is 0. The van der Waals surface area contributed by atoms with Crippen molar-refractivity contribution < 1.29 is 19.7 Å². The third-order valence-corrected chi connectivity index (χ3v) is 2.90. The zero-order valence-electron chi connectivity index (χ0n) is 10.4. The van der Waals surface area contributed by atoms with Crippen LogP contribution in [0.4, 0.5) is 17.1 Å². The van der Waals surface area contributed by atoms with Gasteiger partial charge in [-0.25, -0.2) is 4.79 Å². The summed E-state index contributed by atoms with van der Waals surface area (Å²) in [6.45, 7) is 0. The van der Waals surface area contributed by atoms with Crippen LogP contribution in [-0.4, -0.2) is 27.1 Å². The summed E-state index contributed by atoms with van der Waals surface area (Å²) >= 11 is 10.8. The van der Waals surface area contributed by atoms with Gasteiger partial charge in [0.25, 0.3) is 5.69 Å². The molecule has 0 heterocycles. The summed E-state index contributed by atoms with van der Waals surface area (Å²) in [4.78, 5) is 30.3. The molecule has 1 aromatic carbocycles. The number of nitrogens with zero attached hydrogens (tertiary/aromatic N) is 3. The molecule has 0 fully saturated rings. The summed E-state index contributed by atoms with van der Waals surface area (Å²) in [5, 5.41) is 32.4. The van der Waals surface area contributed by atoms with Crippen LogP contribution in [0.5, 0.6) is 0 Å². The predicted molar refractivity (Wildman–Crippen MR) is 78.2 cm³/mol. The molecular formula is C10H6Cl2N4O6. The molecule has 116 valence electrons. The van der Waals surface area contributed by atoms with E-state index in [0.29, 0.717) is 0 Å². The monoisotopic (exact) mass is 348 g/mol. The molecule has 0 bridgehead atoms. The Labute approximate surface area is 131 Å². The Morgan fingerprint density at radius 3 is 2.41 bits per heavy atom. The van der Waals surface area contributed by atoms with Crippen molar-refractivity contribution in [2.24, 2.45) is 5.10 Å². The molecule has 0 aliphatic heterocycles. The van der Waals surface area contributed by atoms with Gasteiger partial charge in [-0.3, -0.25) is 25.7 Å². The van der Waals surface area contributed by atoms with Gasteiger partial charge in [-0.15, -0.1) is 0 Å². The van der Waals surface area contributed by atoms with Gasteiger partial charge in [0.2, 0.25) is 0 Å². The van der Waals surface area contributed by atoms with E-state index in [9.17, 15) is 25.0 Å². The topological polar surface area (TPSA) is 148 Å². The van der Waals surface area contributed by atoms with Crippen LogP contribution in [0.15, 0.2) is 33.4 Å². The van der Waals surface area contributed by atoms with Gasteiger partial charge < -0.3 is 5.11 Å². The van der Waals surface area contributed by atoms with E-state index in [1.54, 1.807) is 0 Å². The summed E-state index contributed by atoms with van der Waals surface area (Å²) in [5.74, 6) is -1.47. The van der Waals surface area contributed by atoms with E-state index in [-0.39, 0.29) is 5.69 Å². The number of nitrogens with one attached hydrogen (secondary N) is 1. The second kappa shape index (κ2) is 7.33. The molecule has 0 aliphatic carbocycles. The maximum atomic E-state index is 10.8. The molecular weight excluding hydrogens is 343 g/mol. The van der Waals surface area contributed by atoms with Gasteiger partial charge in [0, 0.05) is 6.07 Å². The molecule has 0 spiro atoms. The highest BCUT2D eigenvalue weighted by Gasteiger charge is 2.19. The Bertz CT molecular complexity index is 703. The molecule has 0 unspecified atom stereocenters. The van der Waals surface area contributed by atoms with Crippen LogP contribution in [0.1, 0.15) is 0 Å². The third kappa shape index (κ3) is 4.40. The first-order valence-corrected chi connectivity index (χ1v) is 6.00. The highest BCUT2D eigenvalue weighted by atomic mass is 35.5. The molecule has 0 saturated heterocycles. The number of allylic oxidation sites excluding steroid dienone is 1. The molecule has 0 radical (unpaired) electrons. The van der Waals surface area contributed by atoms with E-state index in [4.69, 9.17) is 28.3 Å². The van der Waals surface area contributed by atoms with Crippen LogP contribution in [0.25, 0.3) is 0 Å². The number of rotatable bonds is 6. The lowest BCUT2D eigenvalue weighted by molar-refractivity contribution is -0.393. The number of carboxylic acid groups (broad SMARTS) is 1. The SMILES string of the molecule is O=C(O)C(Cl)=C(Cl)C=NNc1ccc([N+](=O)[O-])cc1[N+](=O)[O-]. The second-order valence-corrected chi connectivity index (χ2v) is 4.34. The fourth-order valence-corrected chi connectivity index (χ4v) is 1.37. The summed E-state index contributed by atoms with van der Waals surface area (Å²) in [7, 11) is 0. The van der Waals surface area contributed by atoms with Crippen molar-refractivity contribution >= 4 is 52.4 Å². The van der Waals surface area contributed by atoms with Crippen LogP contribution in [-0.2, 0) is 4.79 Å². The van der Waals surface area contributed by atoms with E-state index >= 15 is 0 Å². The number of nitro benzene ring substituents is 2. The standard InChI is InChI=1S/C10H6Cl2N4O6/c11-6(9(12)10(17)18)4-13-14-7-2-1-5(15(19)20)3-8(7)16(21)22/h1-4,14H,(H,17,18). The number of carbonyl (C=O) groups is 1. The number of non-ortho nitro benzene ring substituents is 1. The first kappa shape index (κ1) is 17.3. The molecule has 1 aromatic rings. The lowest BCUT2D eigenvalue weighted by Crippen LogP contribution is -2.00. The quantitative estimate of drug-likeness (QED) is 0.347. The number of halogens is 2. The van der Waals surface area contributed by atoms with Crippen LogP contribution in [0.2, 0.25) is 0 Å². The smallest absolute Gasteiger partial charge is 0.348 e. The number of carboxylic acids is 1. The Morgan fingerprint density at radius 2 is 1.91 bits per heavy atom. The molecule has 22 heavy (non-hydrogen) atoms. The number of aliphatic carboxylic acids is 1. The fourth-order valence-electron chi connectivity index (χ4n) is 1.20. The van der Waals surface area contributed by atoms with Gasteiger partial charge in [-0.2, -0.15) is 5.10 Å². The number of benzene rings is 1. The highest BCUT2D eigenvalue weighted by Crippen LogP contribution is 2.28. The minimum Gasteiger partial charge on any atom is -0.477 e. The van der Waals surface area contributed by atoms with Gasteiger partial charge >= 0.3 is 11.7 Å². The molecule has 0 aliphatic rings.